The van der Waals surface area contributed by atoms with E-state index in [-0.39, 0.29) is 0 Å². The quantitative estimate of drug-likeness (QED) is 0.756. The Kier molecular flexibility index (Phi) is 5.49. The highest BCUT2D eigenvalue weighted by atomic mass is 16.5. The monoisotopic (exact) mass is 249 g/mol. The molecule has 1 aliphatic rings. The molecule has 0 atom stereocenters. The van der Waals surface area contributed by atoms with Crippen molar-refractivity contribution in [3.05, 3.63) is 29.8 Å². The fourth-order valence-corrected chi connectivity index (χ4v) is 2.32. The standard InChI is InChI=1S/C15H23NO2/c16-12-13-5-3-8-15(11-13)18-10-4-9-17-14-6-1-2-7-14/h3,5,8,11,14H,1-2,4,6-7,9-10,12,16H2. The van der Waals surface area contributed by atoms with E-state index in [9.17, 15) is 0 Å². The maximum absolute atomic E-state index is 5.79. The number of ether oxygens (including phenoxy) is 2. The van der Waals surface area contributed by atoms with Gasteiger partial charge in [0.25, 0.3) is 0 Å². The van der Waals surface area contributed by atoms with E-state index in [2.05, 4.69) is 0 Å². The fourth-order valence-electron chi connectivity index (χ4n) is 2.32. The Morgan fingerprint density at radius 1 is 1.17 bits per heavy atom. The summed E-state index contributed by atoms with van der Waals surface area (Å²) in [6.45, 7) is 2.07. The topological polar surface area (TPSA) is 44.5 Å². The van der Waals surface area contributed by atoms with Crippen LogP contribution in [-0.4, -0.2) is 19.3 Å². The molecule has 0 bridgehead atoms. The van der Waals surface area contributed by atoms with Gasteiger partial charge in [0.2, 0.25) is 0 Å². The predicted molar refractivity (Wildman–Crippen MR) is 72.7 cm³/mol. The average molecular weight is 249 g/mol. The maximum Gasteiger partial charge on any atom is 0.119 e. The third-order valence-electron chi connectivity index (χ3n) is 3.35. The van der Waals surface area contributed by atoms with Crippen LogP contribution in [0.4, 0.5) is 0 Å². The molecule has 1 saturated carbocycles. The number of benzene rings is 1. The first-order chi connectivity index (χ1) is 8.88. The van der Waals surface area contributed by atoms with Crippen LogP contribution in [0.15, 0.2) is 24.3 Å². The van der Waals surface area contributed by atoms with Gasteiger partial charge >= 0.3 is 0 Å². The first-order valence-corrected chi connectivity index (χ1v) is 6.92. The molecule has 0 unspecified atom stereocenters. The molecule has 1 aromatic carbocycles. The Morgan fingerprint density at radius 2 is 2.00 bits per heavy atom. The lowest BCUT2D eigenvalue weighted by atomic mass is 10.2. The van der Waals surface area contributed by atoms with Crippen molar-refractivity contribution in [3.63, 3.8) is 0 Å². The number of nitrogens with two attached hydrogens (primary N) is 1. The van der Waals surface area contributed by atoms with Crippen LogP contribution in [0, 0.1) is 0 Å². The molecule has 0 aromatic heterocycles. The van der Waals surface area contributed by atoms with E-state index in [1.165, 1.54) is 25.7 Å². The predicted octanol–water partition coefficient (Wildman–Crippen LogP) is 2.87. The van der Waals surface area contributed by atoms with Gasteiger partial charge in [-0.2, -0.15) is 0 Å². The molecule has 0 amide bonds. The van der Waals surface area contributed by atoms with Crippen LogP contribution in [0.5, 0.6) is 5.75 Å². The summed E-state index contributed by atoms with van der Waals surface area (Å²) >= 11 is 0. The third-order valence-corrected chi connectivity index (χ3v) is 3.35. The van der Waals surface area contributed by atoms with E-state index in [0.29, 0.717) is 19.3 Å². The van der Waals surface area contributed by atoms with E-state index in [4.69, 9.17) is 15.2 Å². The van der Waals surface area contributed by atoms with Crippen LogP contribution >= 0.6 is 0 Å². The maximum atomic E-state index is 5.79. The summed E-state index contributed by atoms with van der Waals surface area (Å²) in [6, 6.07) is 7.96. The van der Waals surface area contributed by atoms with Gasteiger partial charge in [0.15, 0.2) is 0 Å². The zero-order valence-corrected chi connectivity index (χ0v) is 10.9. The van der Waals surface area contributed by atoms with Crippen molar-refractivity contribution >= 4 is 0 Å². The SMILES string of the molecule is NCc1cccc(OCCCOC2CCCC2)c1. The summed E-state index contributed by atoms with van der Waals surface area (Å²) in [4.78, 5) is 0. The number of hydrogen-bond donors (Lipinski definition) is 1. The first kappa shape index (κ1) is 13.4. The molecule has 0 spiro atoms. The van der Waals surface area contributed by atoms with Crippen LogP contribution < -0.4 is 10.5 Å². The summed E-state index contributed by atoms with van der Waals surface area (Å²) in [5, 5.41) is 0. The van der Waals surface area contributed by atoms with Crippen LogP contribution in [-0.2, 0) is 11.3 Å². The highest BCUT2D eigenvalue weighted by molar-refractivity contribution is 5.28. The third kappa shape index (κ3) is 4.31. The largest absolute Gasteiger partial charge is 0.493 e. The number of rotatable bonds is 7. The second-order valence-electron chi connectivity index (χ2n) is 4.83. The normalized spacial score (nSPS) is 16.1. The van der Waals surface area contributed by atoms with E-state index in [1.54, 1.807) is 0 Å². The number of hydrogen-bond acceptors (Lipinski definition) is 3. The smallest absolute Gasteiger partial charge is 0.119 e. The molecule has 18 heavy (non-hydrogen) atoms. The molecule has 2 N–H and O–H groups in total. The summed E-state index contributed by atoms with van der Waals surface area (Å²) in [6.07, 6.45) is 6.58. The van der Waals surface area contributed by atoms with E-state index < -0.39 is 0 Å². The lowest BCUT2D eigenvalue weighted by Gasteiger charge is -2.11. The van der Waals surface area contributed by atoms with Crippen molar-refractivity contribution in [1.82, 2.24) is 0 Å². The second-order valence-corrected chi connectivity index (χ2v) is 4.83. The average Bonchev–Trinajstić information content (AvgIpc) is 2.92. The van der Waals surface area contributed by atoms with Crippen molar-refractivity contribution < 1.29 is 9.47 Å². The first-order valence-electron chi connectivity index (χ1n) is 6.92. The lowest BCUT2D eigenvalue weighted by molar-refractivity contribution is 0.0505. The van der Waals surface area contributed by atoms with Gasteiger partial charge in [-0.1, -0.05) is 25.0 Å². The van der Waals surface area contributed by atoms with Crippen LogP contribution in [0.3, 0.4) is 0 Å². The zero-order chi connectivity index (χ0) is 12.6. The molecule has 0 aliphatic heterocycles. The summed E-state index contributed by atoms with van der Waals surface area (Å²) in [5.74, 6) is 0.902. The summed E-state index contributed by atoms with van der Waals surface area (Å²) in [7, 11) is 0. The van der Waals surface area contributed by atoms with Gasteiger partial charge in [0.1, 0.15) is 5.75 Å². The van der Waals surface area contributed by atoms with E-state index in [0.717, 1.165) is 24.3 Å². The Labute approximate surface area is 109 Å². The van der Waals surface area contributed by atoms with Gasteiger partial charge in [-0.3, -0.25) is 0 Å². The van der Waals surface area contributed by atoms with Crippen molar-refractivity contribution in [3.8, 4) is 5.75 Å². The molecule has 0 heterocycles. The minimum Gasteiger partial charge on any atom is -0.493 e. The molecular weight excluding hydrogens is 226 g/mol. The zero-order valence-electron chi connectivity index (χ0n) is 10.9. The minimum atomic E-state index is 0.505. The Balaban J connectivity index is 1.59. The van der Waals surface area contributed by atoms with Crippen molar-refractivity contribution in [1.29, 1.82) is 0 Å². The van der Waals surface area contributed by atoms with Crippen LogP contribution in [0.2, 0.25) is 0 Å². The fraction of sp³-hybridized carbons (Fsp3) is 0.600. The van der Waals surface area contributed by atoms with E-state index in [1.807, 2.05) is 24.3 Å². The molecule has 100 valence electrons. The van der Waals surface area contributed by atoms with Gasteiger partial charge in [-0.15, -0.1) is 0 Å². The second kappa shape index (κ2) is 7.39. The lowest BCUT2D eigenvalue weighted by Crippen LogP contribution is -2.11. The van der Waals surface area contributed by atoms with Gasteiger partial charge in [0, 0.05) is 13.0 Å². The van der Waals surface area contributed by atoms with Gasteiger partial charge in [0.05, 0.1) is 19.3 Å². The molecule has 1 fully saturated rings. The molecule has 1 aromatic rings. The van der Waals surface area contributed by atoms with Crippen molar-refractivity contribution in [2.24, 2.45) is 5.73 Å². The molecule has 3 heteroatoms. The van der Waals surface area contributed by atoms with Gasteiger partial charge < -0.3 is 15.2 Å². The molecule has 3 nitrogen and oxygen atoms in total. The Bertz CT molecular complexity index is 348. The Hall–Kier alpha value is -1.06. The molecular formula is C15H23NO2. The molecule has 1 aliphatic carbocycles. The molecule has 2 rings (SSSR count). The van der Waals surface area contributed by atoms with Crippen molar-refractivity contribution in [2.45, 2.75) is 44.8 Å². The molecule has 0 radical (unpaired) electrons. The highest BCUT2D eigenvalue weighted by Crippen LogP contribution is 2.21. The summed E-state index contributed by atoms with van der Waals surface area (Å²) < 4.78 is 11.5. The summed E-state index contributed by atoms with van der Waals surface area (Å²) in [5.41, 5.74) is 6.70. The van der Waals surface area contributed by atoms with Gasteiger partial charge in [-0.05, 0) is 30.5 Å². The highest BCUT2D eigenvalue weighted by Gasteiger charge is 2.14. The minimum absolute atomic E-state index is 0.505. The van der Waals surface area contributed by atoms with Crippen LogP contribution in [0.1, 0.15) is 37.7 Å². The molecule has 0 saturated heterocycles. The van der Waals surface area contributed by atoms with Gasteiger partial charge in [-0.25, -0.2) is 0 Å². The van der Waals surface area contributed by atoms with E-state index >= 15 is 0 Å². The van der Waals surface area contributed by atoms with Crippen LogP contribution in [0.25, 0.3) is 0 Å². The van der Waals surface area contributed by atoms with Crippen molar-refractivity contribution in [2.75, 3.05) is 13.2 Å². The Morgan fingerprint density at radius 3 is 2.78 bits per heavy atom.